The van der Waals surface area contributed by atoms with Crippen LogP contribution >= 0.6 is 0 Å². The zero-order valence-electron chi connectivity index (χ0n) is 12.0. The fourth-order valence-electron chi connectivity index (χ4n) is 1.98. The van der Waals surface area contributed by atoms with Crippen molar-refractivity contribution in [3.8, 4) is 5.75 Å². The SMILES string of the molecule is CC(C)CCNC(=O)c1cccc2c1OC(C)C(=O)N2. The second-order valence-corrected chi connectivity index (χ2v) is 5.37. The van der Waals surface area contributed by atoms with Crippen LogP contribution in [0.3, 0.4) is 0 Å². The maximum atomic E-state index is 12.2. The van der Waals surface area contributed by atoms with Gasteiger partial charge < -0.3 is 15.4 Å². The standard InChI is InChI=1S/C15H20N2O3/c1-9(2)7-8-16-15(19)11-5-4-6-12-13(11)20-10(3)14(18)17-12/h4-6,9-10H,7-8H2,1-3H3,(H,16,19)(H,17,18). The Morgan fingerprint density at radius 3 is 2.90 bits per heavy atom. The zero-order chi connectivity index (χ0) is 14.7. The monoisotopic (exact) mass is 276 g/mol. The average molecular weight is 276 g/mol. The fraction of sp³-hybridized carbons (Fsp3) is 0.467. The molecule has 2 N–H and O–H groups in total. The summed E-state index contributed by atoms with van der Waals surface area (Å²) in [6, 6.07) is 5.16. The second-order valence-electron chi connectivity index (χ2n) is 5.37. The third-order valence-electron chi connectivity index (χ3n) is 3.19. The Hall–Kier alpha value is -2.04. The third kappa shape index (κ3) is 3.10. The first-order valence-corrected chi connectivity index (χ1v) is 6.87. The van der Waals surface area contributed by atoms with Crippen molar-refractivity contribution in [2.75, 3.05) is 11.9 Å². The van der Waals surface area contributed by atoms with Gasteiger partial charge in [-0.2, -0.15) is 0 Å². The quantitative estimate of drug-likeness (QED) is 0.885. The van der Waals surface area contributed by atoms with E-state index in [2.05, 4.69) is 24.5 Å². The summed E-state index contributed by atoms with van der Waals surface area (Å²) in [4.78, 5) is 23.7. The van der Waals surface area contributed by atoms with Gasteiger partial charge in [0.1, 0.15) is 0 Å². The number of rotatable bonds is 4. The molecule has 20 heavy (non-hydrogen) atoms. The van der Waals surface area contributed by atoms with Gasteiger partial charge in [0.2, 0.25) is 0 Å². The molecule has 1 unspecified atom stereocenters. The summed E-state index contributed by atoms with van der Waals surface area (Å²) in [5, 5.41) is 5.61. The van der Waals surface area contributed by atoms with Gasteiger partial charge in [-0.15, -0.1) is 0 Å². The number of hydrogen-bond donors (Lipinski definition) is 2. The number of nitrogens with one attached hydrogen (secondary N) is 2. The Balaban J connectivity index is 2.15. The topological polar surface area (TPSA) is 67.4 Å². The molecular weight excluding hydrogens is 256 g/mol. The molecule has 108 valence electrons. The molecule has 1 atom stereocenters. The minimum absolute atomic E-state index is 0.175. The molecule has 0 spiro atoms. The number of hydrogen-bond acceptors (Lipinski definition) is 3. The van der Waals surface area contributed by atoms with Crippen LogP contribution < -0.4 is 15.4 Å². The lowest BCUT2D eigenvalue weighted by Gasteiger charge is -2.25. The first-order chi connectivity index (χ1) is 9.49. The van der Waals surface area contributed by atoms with Crippen LogP contribution in [0, 0.1) is 5.92 Å². The summed E-state index contributed by atoms with van der Waals surface area (Å²) in [5.74, 6) is 0.609. The van der Waals surface area contributed by atoms with Crippen molar-refractivity contribution in [3.63, 3.8) is 0 Å². The van der Waals surface area contributed by atoms with E-state index in [1.807, 2.05) is 0 Å². The number of benzene rings is 1. The Labute approximate surface area is 118 Å². The maximum Gasteiger partial charge on any atom is 0.265 e. The van der Waals surface area contributed by atoms with Crippen LogP contribution in [-0.2, 0) is 4.79 Å². The van der Waals surface area contributed by atoms with E-state index in [-0.39, 0.29) is 11.8 Å². The van der Waals surface area contributed by atoms with Gasteiger partial charge in [0.25, 0.3) is 11.8 Å². The van der Waals surface area contributed by atoms with Crippen molar-refractivity contribution in [2.45, 2.75) is 33.3 Å². The maximum absolute atomic E-state index is 12.2. The highest BCUT2D eigenvalue weighted by Gasteiger charge is 2.27. The number of carbonyl (C=O) groups excluding carboxylic acids is 2. The van der Waals surface area contributed by atoms with Gasteiger partial charge in [-0.1, -0.05) is 19.9 Å². The highest BCUT2D eigenvalue weighted by atomic mass is 16.5. The molecule has 0 saturated heterocycles. The Bertz CT molecular complexity index is 526. The van der Waals surface area contributed by atoms with Crippen LogP contribution in [0.2, 0.25) is 0 Å². The van der Waals surface area contributed by atoms with Crippen molar-refractivity contribution < 1.29 is 14.3 Å². The van der Waals surface area contributed by atoms with Crippen LogP contribution in [0.1, 0.15) is 37.6 Å². The molecule has 2 amide bonds. The summed E-state index contributed by atoms with van der Waals surface area (Å²) < 4.78 is 5.55. The first-order valence-electron chi connectivity index (χ1n) is 6.87. The summed E-state index contributed by atoms with van der Waals surface area (Å²) in [7, 11) is 0. The third-order valence-corrected chi connectivity index (χ3v) is 3.19. The zero-order valence-corrected chi connectivity index (χ0v) is 12.0. The lowest BCUT2D eigenvalue weighted by Crippen LogP contribution is -2.36. The summed E-state index contributed by atoms with van der Waals surface area (Å²) in [5.41, 5.74) is 1.00. The number of para-hydroxylation sites is 1. The van der Waals surface area contributed by atoms with Gasteiger partial charge in [-0.05, 0) is 31.4 Å². The second kappa shape index (κ2) is 5.94. The van der Waals surface area contributed by atoms with Crippen molar-refractivity contribution in [2.24, 2.45) is 5.92 Å². The van der Waals surface area contributed by atoms with Crippen molar-refractivity contribution in [1.29, 1.82) is 0 Å². The van der Waals surface area contributed by atoms with Gasteiger partial charge in [0.15, 0.2) is 11.9 Å². The van der Waals surface area contributed by atoms with Gasteiger partial charge >= 0.3 is 0 Å². The van der Waals surface area contributed by atoms with E-state index in [0.29, 0.717) is 29.5 Å². The van der Waals surface area contributed by atoms with Crippen molar-refractivity contribution >= 4 is 17.5 Å². The summed E-state index contributed by atoms with van der Waals surface area (Å²) in [6.45, 7) is 6.50. The molecule has 1 aliphatic heterocycles. The molecule has 1 aliphatic rings. The predicted molar refractivity (Wildman–Crippen MR) is 76.9 cm³/mol. The molecule has 0 aromatic heterocycles. The molecule has 5 nitrogen and oxygen atoms in total. The normalized spacial score (nSPS) is 17.2. The van der Waals surface area contributed by atoms with Crippen molar-refractivity contribution in [3.05, 3.63) is 23.8 Å². The molecule has 0 bridgehead atoms. The van der Waals surface area contributed by atoms with Crippen molar-refractivity contribution in [1.82, 2.24) is 5.32 Å². The smallest absolute Gasteiger partial charge is 0.265 e. The Morgan fingerprint density at radius 2 is 2.20 bits per heavy atom. The largest absolute Gasteiger partial charge is 0.478 e. The molecule has 1 aromatic carbocycles. The summed E-state index contributed by atoms with van der Waals surface area (Å²) in [6.07, 6.45) is 0.335. The van der Waals surface area contributed by atoms with Gasteiger partial charge in [-0.25, -0.2) is 0 Å². The Morgan fingerprint density at radius 1 is 1.45 bits per heavy atom. The number of ether oxygens (including phenoxy) is 1. The molecule has 1 aromatic rings. The number of anilines is 1. The Kier molecular flexibility index (Phi) is 4.27. The van der Waals surface area contributed by atoms with Crippen LogP contribution in [0.4, 0.5) is 5.69 Å². The molecule has 0 fully saturated rings. The fourth-order valence-corrected chi connectivity index (χ4v) is 1.98. The molecule has 2 rings (SSSR count). The van der Waals surface area contributed by atoms with E-state index in [0.717, 1.165) is 6.42 Å². The molecular formula is C15H20N2O3. The van der Waals surface area contributed by atoms with E-state index in [1.54, 1.807) is 25.1 Å². The number of amides is 2. The lowest BCUT2D eigenvalue weighted by atomic mass is 10.1. The number of fused-ring (bicyclic) bond motifs is 1. The summed E-state index contributed by atoms with van der Waals surface area (Å²) >= 11 is 0. The van der Waals surface area contributed by atoms with E-state index in [9.17, 15) is 9.59 Å². The highest BCUT2D eigenvalue weighted by molar-refractivity contribution is 6.03. The van der Waals surface area contributed by atoms with E-state index < -0.39 is 6.10 Å². The molecule has 0 radical (unpaired) electrons. The number of carbonyl (C=O) groups is 2. The van der Waals surface area contributed by atoms with Crippen LogP contribution in [0.25, 0.3) is 0 Å². The molecule has 5 heteroatoms. The van der Waals surface area contributed by atoms with Gasteiger partial charge in [0.05, 0.1) is 11.3 Å². The lowest BCUT2D eigenvalue weighted by molar-refractivity contribution is -0.122. The highest BCUT2D eigenvalue weighted by Crippen LogP contribution is 2.33. The van der Waals surface area contributed by atoms with E-state index >= 15 is 0 Å². The van der Waals surface area contributed by atoms with Gasteiger partial charge in [0, 0.05) is 6.54 Å². The van der Waals surface area contributed by atoms with Crippen LogP contribution in [0.15, 0.2) is 18.2 Å². The van der Waals surface area contributed by atoms with Crippen LogP contribution in [-0.4, -0.2) is 24.5 Å². The minimum atomic E-state index is -0.591. The molecule has 0 saturated carbocycles. The average Bonchev–Trinajstić information content (AvgIpc) is 2.39. The molecule has 0 aliphatic carbocycles. The van der Waals surface area contributed by atoms with Gasteiger partial charge in [-0.3, -0.25) is 9.59 Å². The minimum Gasteiger partial charge on any atom is -0.478 e. The van der Waals surface area contributed by atoms with Crippen LogP contribution in [0.5, 0.6) is 5.75 Å². The predicted octanol–water partition coefficient (Wildman–Crippen LogP) is 2.18. The van der Waals surface area contributed by atoms with E-state index in [1.165, 1.54) is 0 Å². The first kappa shape index (κ1) is 14.4. The van der Waals surface area contributed by atoms with E-state index in [4.69, 9.17) is 4.74 Å². The molecule has 1 heterocycles.